The Balaban J connectivity index is 2.17. The molecule has 0 spiro atoms. The molecule has 5 heteroatoms. The highest BCUT2D eigenvalue weighted by atomic mass is 32.1. The molecule has 0 saturated heterocycles. The van der Waals surface area contributed by atoms with Gasteiger partial charge in [0.1, 0.15) is 0 Å². The van der Waals surface area contributed by atoms with Crippen molar-refractivity contribution in [2.75, 3.05) is 12.4 Å². The van der Waals surface area contributed by atoms with Gasteiger partial charge in [0.25, 0.3) is 0 Å². The number of aryl methyl sites for hydroxylation is 1. The first kappa shape index (κ1) is 12.0. The molecule has 17 heavy (non-hydrogen) atoms. The van der Waals surface area contributed by atoms with Gasteiger partial charge >= 0.3 is 0 Å². The number of thiazole rings is 1. The lowest BCUT2D eigenvalue weighted by molar-refractivity contribution is 0.105. The van der Waals surface area contributed by atoms with Crippen LogP contribution in [0.3, 0.4) is 0 Å². The van der Waals surface area contributed by atoms with Gasteiger partial charge in [-0.3, -0.25) is 4.79 Å². The van der Waals surface area contributed by atoms with Crippen LogP contribution >= 0.6 is 22.7 Å². The normalized spacial score (nSPS) is 10.9. The highest BCUT2D eigenvalue weighted by molar-refractivity contribution is 7.17. The number of anilines is 1. The fraction of sp³-hybridized carbons (Fsp3) is 0.167. The van der Waals surface area contributed by atoms with Gasteiger partial charge in [-0.25, -0.2) is 4.98 Å². The molecule has 0 bridgehead atoms. The van der Waals surface area contributed by atoms with Crippen LogP contribution in [0.5, 0.6) is 0 Å². The number of nitrogens with one attached hydrogen (secondary N) is 1. The van der Waals surface area contributed by atoms with Crippen molar-refractivity contribution in [3.05, 3.63) is 39.0 Å². The number of ketones is 1. The topological polar surface area (TPSA) is 42.0 Å². The van der Waals surface area contributed by atoms with Crippen LogP contribution in [-0.2, 0) is 0 Å². The highest BCUT2D eigenvalue weighted by Crippen LogP contribution is 2.23. The predicted octanol–water partition coefficient (Wildman–Crippen LogP) is 3.45. The Kier molecular flexibility index (Phi) is 3.71. The zero-order valence-corrected chi connectivity index (χ0v) is 11.2. The van der Waals surface area contributed by atoms with Crippen LogP contribution < -0.4 is 5.32 Å². The van der Waals surface area contributed by atoms with Gasteiger partial charge in [0, 0.05) is 11.9 Å². The van der Waals surface area contributed by atoms with E-state index >= 15 is 0 Å². The molecule has 0 amide bonds. The molecule has 2 aromatic rings. The van der Waals surface area contributed by atoms with Crippen LogP contribution in [0, 0.1) is 6.92 Å². The number of carbonyl (C=O) groups is 1. The molecule has 0 fully saturated rings. The van der Waals surface area contributed by atoms with Crippen LogP contribution in [0.1, 0.15) is 20.2 Å². The molecule has 2 rings (SSSR count). The molecule has 0 radical (unpaired) electrons. The quantitative estimate of drug-likeness (QED) is 0.679. The highest BCUT2D eigenvalue weighted by Gasteiger charge is 2.12. The summed E-state index contributed by atoms with van der Waals surface area (Å²) in [6.07, 6.45) is 3.44. The van der Waals surface area contributed by atoms with E-state index in [4.69, 9.17) is 0 Å². The Bertz CT molecular complexity index is 541. The molecule has 2 aromatic heterocycles. The van der Waals surface area contributed by atoms with E-state index in [1.54, 1.807) is 24.5 Å². The van der Waals surface area contributed by atoms with Crippen LogP contribution in [0.15, 0.2) is 23.6 Å². The van der Waals surface area contributed by atoms with Crippen molar-refractivity contribution in [3.8, 4) is 0 Å². The van der Waals surface area contributed by atoms with E-state index in [1.807, 2.05) is 30.5 Å². The average Bonchev–Trinajstić information content (AvgIpc) is 2.94. The molecule has 0 atom stereocenters. The Morgan fingerprint density at radius 2 is 2.35 bits per heavy atom. The van der Waals surface area contributed by atoms with Crippen LogP contribution in [0.25, 0.3) is 6.08 Å². The third-order valence-electron chi connectivity index (χ3n) is 2.18. The molecule has 3 nitrogen and oxygen atoms in total. The lowest BCUT2D eigenvalue weighted by atomic mass is 10.2. The number of allylic oxidation sites excluding steroid dienone is 1. The largest absolute Gasteiger partial charge is 0.365 e. The number of aromatic nitrogens is 1. The Labute approximate surface area is 108 Å². The number of thiophene rings is 1. The standard InChI is InChI=1S/C12H12N2OS2/c1-8-11(17-12(13-2)14-8)10(15)6-5-9-4-3-7-16-9/h3-7H,1-2H3,(H,13,14)/b6-5+. The van der Waals surface area contributed by atoms with Crippen molar-refractivity contribution in [3.63, 3.8) is 0 Å². The number of hydrogen-bond donors (Lipinski definition) is 1. The van der Waals surface area contributed by atoms with Crippen LogP contribution in [-0.4, -0.2) is 17.8 Å². The molecule has 0 saturated carbocycles. The lowest BCUT2D eigenvalue weighted by Crippen LogP contribution is -1.92. The summed E-state index contributed by atoms with van der Waals surface area (Å²) in [4.78, 5) is 18.0. The minimum absolute atomic E-state index is 0.00917. The minimum Gasteiger partial charge on any atom is -0.365 e. The molecule has 0 aromatic carbocycles. The van der Waals surface area contributed by atoms with Gasteiger partial charge in [0.05, 0.1) is 10.6 Å². The van der Waals surface area contributed by atoms with E-state index in [2.05, 4.69) is 10.3 Å². The van der Waals surface area contributed by atoms with Crippen molar-refractivity contribution in [1.29, 1.82) is 0 Å². The predicted molar refractivity (Wildman–Crippen MR) is 74.1 cm³/mol. The van der Waals surface area contributed by atoms with Crippen molar-refractivity contribution in [2.24, 2.45) is 0 Å². The van der Waals surface area contributed by atoms with Gasteiger partial charge in [0.2, 0.25) is 0 Å². The summed E-state index contributed by atoms with van der Waals surface area (Å²) in [7, 11) is 1.80. The van der Waals surface area contributed by atoms with Gasteiger partial charge in [0.15, 0.2) is 10.9 Å². The molecule has 1 N–H and O–H groups in total. The molecule has 0 aliphatic heterocycles. The SMILES string of the molecule is CNc1nc(C)c(C(=O)/C=C/c2cccs2)s1. The summed E-state index contributed by atoms with van der Waals surface area (Å²) in [5.41, 5.74) is 0.778. The van der Waals surface area contributed by atoms with Crippen LogP contribution in [0.4, 0.5) is 5.13 Å². The fourth-order valence-electron chi connectivity index (χ4n) is 1.35. The first-order chi connectivity index (χ1) is 8.20. The van der Waals surface area contributed by atoms with Crippen molar-refractivity contribution in [2.45, 2.75) is 6.92 Å². The zero-order chi connectivity index (χ0) is 12.3. The van der Waals surface area contributed by atoms with Gasteiger partial charge in [-0.1, -0.05) is 17.4 Å². The minimum atomic E-state index is 0.00917. The van der Waals surface area contributed by atoms with E-state index in [0.29, 0.717) is 4.88 Å². The Morgan fingerprint density at radius 1 is 1.53 bits per heavy atom. The molecule has 88 valence electrons. The summed E-state index contributed by atoms with van der Waals surface area (Å²) in [6.45, 7) is 1.85. The zero-order valence-electron chi connectivity index (χ0n) is 9.56. The molecule has 0 unspecified atom stereocenters. The lowest BCUT2D eigenvalue weighted by Gasteiger charge is -1.90. The third-order valence-corrected chi connectivity index (χ3v) is 4.20. The first-order valence-corrected chi connectivity index (χ1v) is 6.81. The van der Waals surface area contributed by atoms with E-state index in [-0.39, 0.29) is 5.78 Å². The number of carbonyl (C=O) groups excluding carboxylic acids is 1. The third kappa shape index (κ3) is 2.81. The second-order valence-corrected chi connectivity index (χ2v) is 5.37. The number of nitrogens with zero attached hydrogens (tertiary/aromatic N) is 1. The average molecular weight is 264 g/mol. The van der Waals surface area contributed by atoms with E-state index in [0.717, 1.165) is 15.7 Å². The second kappa shape index (κ2) is 5.25. The van der Waals surface area contributed by atoms with E-state index in [1.165, 1.54) is 11.3 Å². The van der Waals surface area contributed by atoms with E-state index in [9.17, 15) is 4.79 Å². The van der Waals surface area contributed by atoms with Gasteiger partial charge < -0.3 is 5.32 Å². The summed E-state index contributed by atoms with van der Waals surface area (Å²) in [5, 5.41) is 5.71. The summed E-state index contributed by atoms with van der Waals surface area (Å²) in [5.74, 6) is 0.00917. The summed E-state index contributed by atoms with van der Waals surface area (Å²) < 4.78 is 0. The number of rotatable bonds is 4. The van der Waals surface area contributed by atoms with Crippen LogP contribution in [0.2, 0.25) is 0 Å². The molecular formula is C12H12N2OS2. The maximum absolute atomic E-state index is 12.0. The van der Waals surface area contributed by atoms with Gasteiger partial charge in [-0.15, -0.1) is 11.3 Å². The Hall–Kier alpha value is -1.46. The smallest absolute Gasteiger partial charge is 0.197 e. The van der Waals surface area contributed by atoms with Crippen molar-refractivity contribution < 1.29 is 4.79 Å². The monoisotopic (exact) mass is 264 g/mol. The molecular weight excluding hydrogens is 252 g/mol. The molecule has 0 aliphatic carbocycles. The first-order valence-electron chi connectivity index (χ1n) is 5.12. The second-order valence-electron chi connectivity index (χ2n) is 3.40. The van der Waals surface area contributed by atoms with Crippen molar-refractivity contribution >= 4 is 39.7 Å². The van der Waals surface area contributed by atoms with E-state index < -0.39 is 0 Å². The number of hydrogen-bond acceptors (Lipinski definition) is 5. The molecule has 2 heterocycles. The van der Waals surface area contributed by atoms with Crippen molar-refractivity contribution in [1.82, 2.24) is 4.98 Å². The summed E-state index contributed by atoms with van der Waals surface area (Å²) in [6, 6.07) is 3.94. The van der Waals surface area contributed by atoms with Gasteiger partial charge in [-0.2, -0.15) is 0 Å². The Morgan fingerprint density at radius 3 is 2.94 bits per heavy atom. The molecule has 0 aliphatic rings. The maximum atomic E-state index is 12.0. The maximum Gasteiger partial charge on any atom is 0.197 e. The fourth-order valence-corrected chi connectivity index (χ4v) is 2.81. The summed E-state index contributed by atoms with van der Waals surface area (Å²) >= 11 is 3.00. The van der Waals surface area contributed by atoms with Gasteiger partial charge in [-0.05, 0) is 30.5 Å².